The number of nitrogens with zero attached hydrogens (tertiary/aromatic N) is 2. The van der Waals surface area contributed by atoms with Gasteiger partial charge in [-0.25, -0.2) is 4.57 Å². The second-order valence-corrected chi connectivity index (χ2v) is 5.95. The molecule has 0 spiro atoms. The number of hydrogen-bond donors (Lipinski definition) is 0. The topological polar surface area (TPSA) is 16.8 Å². The maximum absolute atomic E-state index is 4.65. The van der Waals surface area contributed by atoms with Gasteiger partial charge in [0, 0.05) is 17.8 Å². The lowest BCUT2D eigenvalue weighted by Crippen LogP contribution is -2.30. The van der Waals surface area contributed by atoms with E-state index in [1.807, 2.05) is 6.20 Å². The number of benzene rings is 1. The van der Waals surface area contributed by atoms with Crippen molar-refractivity contribution in [2.75, 3.05) is 0 Å². The summed E-state index contributed by atoms with van der Waals surface area (Å²) in [5, 5.41) is 1.22. The minimum absolute atomic E-state index is 0.483. The Balaban J connectivity index is 2.37. The molecule has 0 aliphatic heterocycles. The monoisotopic (exact) mass is 277 g/mol. The molecule has 3 rings (SSSR count). The van der Waals surface area contributed by atoms with Gasteiger partial charge in [-0.1, -0.05) is 32.0 Å². The minimum Gasteiger partial charge on any atom is -0.255 e. The maximum atomic E-state index is 4.65. The molecule has 0 amide bonds. The van der Waals surface area contributed by atoms with Crippen LogP contribution in [0, 0.1) is 6.92 Å². The summed E-state index contributed by atoms with van der Waals surface area (Å²) in [7, 11) is 2.10. The van der Waals surface area contributed by atoms with Crippen LogP contribution in [-0.2, 0) is 7.05 Å². The average Bonchev–Trinajstić information content (AvgIpc) is 2.48. The molecular weight excluding hydrogens is 256 g/mol. The Hall–Kier alpha value is -2.22. The van der Waals surface area contributed by atoms with Gasteiger partial charge in [-0.15, -0.1) is 0 Å². The van der Waals surface area contributed by atoms with Crippen LogP contribution in [0.4, 0.5) is 0 Å². The van der Waals surface area contributed by atoms with E-state index in [4.69, 9.17) is 0 Å². The van der Waals surface area contributed by atoms with Gasteiger partial charge in [0.25, 0.3) is 0 Å². The predicted molar refractivity (Wildman–Crippen MR) is 87.2 cm³/mol. The summed E-state index contributed by atoms with van der Waals surface area (Å²) < 4.78 is 2.19. The molecule has 0 saturated heterocycles. The first-order valence-corrected chi connectivity index (χ1v) is 7.42. The van der Waals surface area contributed by atoms with Gasteiger partial charge in [0.05, 0.1) is 10.9 Å². The van der Waals surface area contributed by atoms with Gasteiger partial charge in [0.1, 0.15) is 7.05 Å². The van der Waals surface area contributed by atoms with E-state index in [9.17, 15) is 0 Å². The zero-order chi connectivity index (χ0) is 15.0. The third-order valence-corrected chi connectivity index (χ3v) is 4.07. The van der Waals surface area contributed by atoms with E-state index in [1.54, 1.807) is 0 Å². The molecule has 0 fully saturated rings. The fourth-order valence-electron chi connectivity index (χ4n) is 2.75. The molecule has 0 N–H and O–H groups in total. The van der Waals surface area contributed by atoms with E-state index < -0.39 is 0 Å². The molecule has 0 atom stereocenters. The first-order valence-electron chi connectivity index (χ1n) is 7.42. The second kappa shape index (κ2) is 5.28. The van der Waals surface area contributed by atoms with Crippen LogP contribution in [0.5, 0.6) is 0 Å². The number of hydrogen-bond acceptors (Lipinski definition) is 1. The van der Waals surface area contributed by atoms with Crippen molar-refractivity contribution in [2.24, 2.45) is 7.05 Å². The summed E-state index contributed by atoms with van der Waals surface area (Å²) in [4.78, 5) is 4.65. The maximum Gasteiger partial charge on any atom is 0.222 e. The quantitative estimate of drug-likeness (QED) is 0.643. The van der Waals surface area contributed by atoms with Crippen LogP contribution in [0.1, 0.15) is 30.9 Å². The molecule has 2 aromatic heterocycles. The molecule has 0 aliphatic rings. The van der Waals surface area contributed by atoms with Crippen LogP contribution in [0.2, 0.25) is 0 Å². The van der Waals surface area contributed by atoms with E-state index in [0.717, 1.165) is 5.52 Å². The molecule has 1 aromatic carbocycles. The largest absolute Gasteiger partial charge is 0.255 e. The lowest BCUT2D eigenvalue weighted by atomic mass is 9.98. The fraction of sp³-hybridized carbons (Fsp3) is 0.263. The Morgan fingerprint density at radius 1 is 1.10 bits per heavy atom. The van der Waals surface area contributed by atoms with Crippen LogP contribution < -0.4 is 4.57 Å². The average molecular weight is 277 g/mol. The minimum atomic E-state index is 0.483. The van der Waals surface area contributed by atoms with Crippen LogP contribution in [0.15, 0.2) is 48.8 Å². The SMILES string of the molecule is Cc1ccccc1-c1c2cc(C(C)C)cnc2cc[n+]1C. The first kappa shape index (κ1) is 13.7. The van der Waals surface area contributed by atoms with Gasteiger partial charge in [0.2, 0.25) is 5.69 Å². The number of aryl methyl sites for hydroxylation is 2. The molecule has 0 saturated carbocycles. The molecule has 0 bridgehead atoms. The van der Waals surface area contributed by atoms with Crippen molar-refractivity contribution in [3.05, 3.63) is 59.9 Å². The summed E-state index contributed by atoms with van der Waals surface area (Å²) >= 11 is 0. The molecule has 2 nitrogen and oxygen atoms in total. The normalized spacial score (nSPS) is 11.3. The predicted octanol–water partition coefficient (Wildman–Crippen LogP) is 4.16. The van der Waals surface area contributed by atoms with Crippen molar-refractivity contribution in [1.29, 1.82) is 0 Å². The molecule has 2 heteroatoms. The Morgan fingerprint density at radius 2 is 1.86 bits per heavy atom. The van der Waals surface area contributed by atoms with E-state index in [1.165, 1.54) is 27.8 Å². The summed E-state index contributed by atoms with van der Waals surface area (Å²) in [6, 6.07) is 12.9. The Kier molecular flexibility index (Phi) is 3.46. The van der Waals surface area contributed by atoms with E-state index in [0.29, 0.717) is 5.92 Å². The van der Waals surface area contributed by atoms with Gasteiger partial charge in [-0.05, 0) is 36.1 Å². The van der Waals surface area contributed by atoms with Crippen molar-refractivity contribution in [1.82, 2.24) is 4.98 Å². The molecule has 0 aliphatic carbocycles. The molecule has 2 heterocycles. The molecule has 0 radical (unpaired) electrons. The Labute approximate surface area is 126 Å². The van der Waals surface area contributed by atoms with Crippen LogP contribution in [0.25, 0.3) is 22.2 Å². The fourth-order valence-corrected chi connectivity index (χ4v) is 2.75. The molecule has 106 valence electrons. The molecule has 21 heavy (non-hydrogen) atoms. The number of pyridine rings is 2. The zero-order valence-electron chi connectivity index (χ0n) is 13.1. The van der Waals surface area contributed by atoms with E-state index >= 15 is 0 Å². The molecule has 3 aromatic rings. The second-order valence-electron chi connectivity index (χ2n) is 5.95. The highest BCUT2D eigenvalue weighted by atomic mass is 14.9. The third-order valence-electron chi connectivity index (χ3n) is 4.07. The smallest absolute Gasteiger partial charge is 0.222 e. The summed E-state index contributed by atoms with van der Waals surface area (Å²) in [5.74, 6) is 0.483. The van der Waals surface area contributed by atoms with Crippen molar-refractivity contribution in [2.45, 2.75) is 26.7 Å². The van der Waals surface area contributed by atoms with Crippen molar-refractivity contribution < 1.29 is 4.57 Å². The summed E-state index contributed by atoms with van der Waals surface area (Å²) in [5.41, 5.74) is 6.13. The van der Waals surface area contributed by atoms with Gasteiger partial charge in [-0.3, -0.25) is 4.98 Å². The van der Waals surface area contributed by atoms with E-state index in [2.05, 4.69) is 80.0 Å². The highest BCUT2D eigenvalue weighted by molar-refractivity contribution is 5.91. The highest BCUT2D eigenvalue weighted by Gasteiger charge is 2.18. The zero-order valence-corrected chi connectivity index (χ0v) is 13.1. The third kappa shape index (κ3) is 2.42. The lowest BCUT2D eigenvalue weighted by molar-refractivity contribution is -0.659. The van der Waals surface area contributed by atoms with Gasteiger partial charge in [0.15, 0.2) is 6.20 Å². The van der Waals surface area contributed by atoms with E-state index in [-0.39, 0.29) is 0 Å². The first-order chi connectivity index (χ1) is 10.1. The molecular formula is C19H21N2+. The van der Waals surface area contributed by atoms with Crippen LogP contribution in [0.3, 0.4) is 0 Å². The van der Waals surface area contributed by atoms with Gasteiger partial charge in [-0.2, -0.15) is 0 Å². The standard InChI is InChI=1S/C19H21N2/c1-13(2)15-11-17-18(20-12-15)9-10-21(4)19(17)16-8-6-5-7-14(16)3/h5-13H,1-4H3/q+1. The summed E-state index contributed by atoms with van der Waals surface area (Å²) in [6.45, 7) is 6.58. The Bertz CT molecular complexity index is 804. The van der Waals surface area contributed by atoms with Gasteiger partial charge < -0.3 is 0 Å². The highest BCUT2D eigenvalue weighted by Crippen LogP contribution is 2.28. The van der Waals surface area contributed by atoms with Crippen molar-refractivity contribution in [3.8, 4) is 11.3 Å². The number of aromatic nitrogens is 2. The van der Waals surface area contributed by atoms with Gasteiger partial charge >= 0.3 is 0 Å². The number of fused-ring (bicyclic) bond motifs is 1. The summed E-state index contributed by atoms with van der Waals surface area (Å²) in [6.07, 6.45) is 4.08. The van der Waals surface area contributed by atoms with Crippen molar-refractivity contribution in [3.63, 3.8) is 0 Å². The van der Waals surface area contributed by atoms with Crippen LogP contribution >= 0.6 is 0 Å². The lowest BCUT2D eigenvalue weighted by Gasteiger charge is -2.10. The van der Waals surface area contributed by atoms with Crippen molar-refractivity contribution >= 4 is 10.9 Å². The molecule has 0 unspecified atom stereocenters. The van der Waals surface area contributed by atoms with Crippen LogP contribution in [-0.4, -0.2) is 4.98 Å². The Morgan fingerprint density at radius 3 is 2.57 bits per heavy atom. The number of rotatable bonds is 2.